The van der Waals surface area contributed by atoms with Crippen molar-refractivity contribution in [2.75, 3.05) is 24.1 Å². The molecular formula is C17H23N7O2. The molecule has 0 amide bonds. The van der Waals surface area contributed by atoms with Crippen LogP contribution >= 0.6 is 0 Å². The van der Waals surface area contributed by atoms with Crippen LogP contribution in [0.3, 0.4) is 0 Å². The molecule has 0 saturated heterocycles. The van der Waals surface area contributed by atoms with Gasteiger partial charge in [0.1, 0.15) is 5.82 Å². The number of nitrogens with one attached hydrogen (secondary N) is 1. The molecule has 2 aromatic rings. The molecule has 0 aliphatic heterocycles. The molecule has 26 heavy (non-hydrogen) atoms. The fraction of sp³-hybridized carbons (Fsp3) is 0.529. The van der Waals surface area contributed by atoms with Gasteiger partial charge in [-0.3, -0.25) is 9.69 Å². The Kier molecular flexibility index (Phi) is 4.46. The van der Waals surface area contributed by atoms with Gasteiger partial charge in [-0.05, 0) is 37.7 Å². The van der Waals surface area contributed by atoms with E-state index in [4.69, 9.17) is 10.8 Å². The van der Waals surface area contributed by atoms with E-state index in [2.05, 4.69) is 25.3 Å². The summed E-state index contributed by atoms with van der Waals surface area (Å²) in [4.78, 5) is 21.7. The molecule has 138 valence electrons. The average Bonchev–Trinajstić information content (AvgIpc) is 3.18. The minimum absolute atomic E-state index is 0.123. The number of anilines is 2. The van der Waals surface area contributed by atoms with Crippen LogP contribution in [0.2, 0.25) is 0 Å². The monoisotopic (exact) mass is 357 g/mol. The summed E-state index contributed by atoms with van der Waals surface area (Å²) in [5, 5.41) is 16.7. The van der Waals surface area contributed by atoms with E-state index in [0.717, 1.165) is 19.4 Å². The van der Waals surface area contributed by atoms with Crippen molar-refractivity contribution in [1.82, 2.24) is 24.6 Å². The summed E-state index contributed by atoms with van der Waals surface area (Å²) in [6, 6.07) is 4.21. The van der Waals surface area contributed by atoms with Crippen molar-refractivity contribution in [3.63, 3.8) is 0 Å². The van der Waals surface area contributed by atoms with Crippen LogP contribution in [0.1, 0.15) is 25.7 Å². The third-order valence-electron chi connectivity index (χ3n) is 4.98. The zero-order valence-corrected chi connectivity index (χ0v) is 14.5. The molecule has 0 bridgehead atoms. The number of rotatable bonds is 8. The summed E-state index contributed by atoms with van der Waals surface area (Å²) >= 11 is 0. The molecule has 2 saturated carbocycles. The highest BCUT2D eigenvalue weighted by atomic mass is 16.4. The van der Waals surface area contributed by atoms with Crippen LogP contribution in [0, 0.1) is 5.92 Å². The van der Waals surface area contributed by atoms with Crippen molar-refractivity contribution >= 4 is 17.7 Å². The number of nitrogen functional groups attached to an aromatic ring is 1. The van der Waals surface area contributed by atoms with Crippen LogP contribution in [0.5, 0.6) is 0 Å². The van der Waals surface area contributed by atoms with Gasteiger partial charge in [0.05, 0.1) is 6.54 Å². The molecule has 0 atom stereocenters. The second-order valence-electron chi connectivity index (χ2n) is 7.15. The maximum atomic E-state index is 11.1. The van der Waals surface area contributed by atoms with Crippen LogP contribution in [-0.4, -0.2) is 60.9 Å². The van der Waals surface area contributed by atoms with Crippen LogP contribution in [0.25, 0.3) is 5.82 Å². The van der Waals surface area contributed by atoms with Crippen LogP contribution in [0.15, 0.2) is 24.5 Å². The van der Waals surface area contributed by atoms with Gasteiger partial charge in [-0.25, -0.2) is 4.68 Å². The topological polar surface area (TPSA) is 122 Å². The highest BCUT2D eigenvalue weighted by Gasteiger charge is 2.37. The van der Waals surface area contributed by atoms with Gasteiger partial charge in [0.25, 0.3) is 0 Å². The number of hydrogen-bond acceptors (Lipinski definition) is 7. The van der Waals surface area contributed by atoms with E-state index < -0.39 is 5.97 Å². The van der Waals surface area contributed by atoms with Gasteiger partial charge >= 0.3 is 5.97 Å². The van der Waals surface area contributed by atoms with Gasteiger partial charge in [0, 0.05) is 37.1 Å². The predicted molar refractivity (Wildman–Crippen MR) is 95.9 cm³/mol. The zero-order valence-electron chi connectivity index (χ0n) is 14.5. The van der Waals surface area contributed by atoms with E-state index in [-0.39, 0.29) is 18.5 Å². The number of carboxylic acid groups (broad SMARTS) is 1. The molecule has 0 spiro atoms. The standard InChI is InChI=1S/C17H23N7O2/c18-17-21-14(8-15(22-17)24-5-1-4-19-24)20-12-6-13(7-12)23(10-16(25)26)9-11-2-3-11/h1,4-5,8,11-13H,2-3,6-7,9-10H2,(H,25,26)(H3,18,20,21,22). The summed E-state index contributed by atoms with van der Waals surface area (Å²) in [5.74, 6) is 1.40. The SMILES string of the molecule is Nc1nc(NC2CC(N(CC(=O)O)CC3CC3)C2)cc(-n2cccn2)n1. The van der Waals surface area contributed by atoms with Gasteiger partial charge in [-0.15, -0.1) is 0 Å². The zero-order chi connectivity index (χ0) is 18.1. The van der Waals surface area contributed by atoms with Crippen molar-refractivity contribution in [1.29, 1.82) is 0 Å². The Morgan fingerprint density at radius 3 is 2.85 bits per heavy atom. The highest BCUT2D eigenvalue weighted by Crippen LogP contribution is 2.34. The van der Waals surface area contributed by atoms with Crippen molar-refractivity contribution in [2.45, 2.75) is 37.8 Å². The van der Waals surface area contributed by atoms with E-state index in [1.54, 1.807) is 17.1 Å². The van der Waals surface area contributed by atoms with Gasteiger partial charge in [0.15, 0.2) is 5.82 Å². The van der Waals surface area contributed by atoms with Crippen molar-refractivity contribution in [3.8, 4) is 5.82 Å². The molecule has 2 aliphatic carbocycles. The first-order valence-corrected chi connectivity index (χ1v) is 8.94. The molecule has 9 nitrogen and oxygen atoms in total. The summed E-state index contributed by atoms with van der Waals surface area (Å²) < 4.78 is 1.64. The first-order chi connectivity index (χ1) is 12.6. The predicted octanol–water partition coefficient (Wildman–Crippen LogP) is 0.984. The maximum Gasteiger partial charge on any atom is 0.317 e. The Balaban J connectivity index is 1.36. The van der Waals surface area contributed by atoms with E-state index >= 15 is 0 Å². The quantitative estimate of drug-likeness (QED) is 0.639. The molecule has 0 aromatic carbocycles. The van der Waals surface area contributed by atoms with Crippen molar-refractivity contribution in [3.05, 3.63) is 24.5 Å². The minimum atomic E-state index is -0.755. The summed E-state index contributed by atoms with van der Waals surface area (Å²) in [7, 11) is 0. The van der Waals surface area contributed by atoms with Crippen LogP contribution in [-0.2, 0) is 4.79 Å². The van der Waals surface area contributed by atoms with Gasteiger partial charge in [-0.1, -0.05) is 0 Å². The summed E-state index contributed by atoms with van der Waals surface area (Å²) in [6.45, 7) is 1.02. The van der Waals surface area contributed by atoms with Crippen molar-refractivity contribution < 1.29 is 9.90 Å². The molecule has 0 radical (unpaired) electrons. The van der Waals surface area contributed by atoms with Crippen LogP contribution in [0.4, 0.5) is 11.8 Å². The van der Waals surface area contributed by atoms with Gasteiger partial charge in [-0.2, -0.15) is 15.1 Å². The molecule has 2 fully saturated rings. The Labute approximate surface area is 151 Å². The smallest absolute Gasteiger partial charge is 0.317 e. The lowest BCUT2D eigenvalue weighted by atomic mass is 9.85. The third-order valence-corrected chi connectivity index (χ3v) is 4.98. The second-order valence-corrected chi connectivity index (χ2v) is 7.15. The molecule has 4 N–H and O–H groups in total. The molecule has 9 heteroatoms. The number of carbonyl (C=O) groups is 1. The van der Waals surface area contributed by atoms with E-state index in [9.17, 15) is 4.79 Å². The van der Waals surface area contributed by atoms with Crippen molar-refractivity contribution in [2.24, 2.45) is 5.92 Å². The lowest BCUT2D eigenvalue weighted by Gasteiger charge is -2.43. The second kappa shape index (κ2) is 6.91. The average molecular weight is 357 g/mol. The van der Waals surface area contributed by atoms with E-state index in [1.165, 1.54) is 12.8 Å². The molecule has 2 aliphatic rings. The number of carboxylic acids is 1. The fourth-order valence-electron chi connectivity index (χ4n) is 3.41. The number of aliphatic carboxylic acids is 1. The van der Waals surface area contributed by atoms with Gasteiger partial charge in [0.2, 0.25) is 5.95 Å². The molecule has 0 unspecified atom stereocenters. The van der Waals surface area contributed by atoms with Gasteiger partial charge < -0.3 is 16.2 Å². The van der Waals surface area contributed by atoms with E-state index in [0.29, 0.717) is 23.6 Å². The minimum Gasteiger partial charge on any atom is -0.480 e. The Hall–Kier alpha value is -2.68. The number of nitrogens with two attached hydrogens (primary N) is 1. The van der Waals surface area contributed by atoms with Crippen LogP contribution < -0.4 is 11.1 Å². The first kappa shape index (κ1) is 16.8. The number of hydrogen-bond donors (Lipinski definition) is 3. The largest absolute Gasteiger partial charge is 0.480 e. The number of aromatic nitrogens is 4. The highest BCUT2D eigenvalue weighted by molar-refractivity contribution is 5.69. The molecule has 2 aromatic heterocycles. The van der Waals surface area contributed by atoms with E-state index in [1.807, 2.05) is 12.1 Å². The first-order valence-electron chi connectivity index (χ1n) is 8.94. The lowest BCUT2D eigenvalue weighted by molar-refractivity contribution is -0.139. The number of nitrogens with zero attached hydrogens (tertiary/aromatic N) is 5. The Bertz CT molecular complexity index is 769. The summed E-state index contributed by atoms with van der Waals surface area (Å²) in [6.07, 6.45) is 7.73. The summed E-state index contributed by atoms with van der Waals surface area (Å²) in [5.41, 5.74) is 5.82. The lowest BCUT2D eigenvalue weighted by Crippen LogP contribution is -2.52. The third kappa shape index (κ3) is 3.93. The Morgan fingerprint density at radius 1 is 1.38 bits per heavy atom. The molecule has 4 rings (SSSR count). The fourth-order valence-corrected chi connectivity index (χ4v) is 3.41. The molecule has 2 heterocycles. The normalized spacial score (nSPS) is 22.2. The maximum absolute atomic E-state index is 11.1. The Morgan fingerprint density at radius 2 is 2.19 bits per heavy atom. The molecular weight excluding hydrogens is 334 g/mol.